The van der Waals surface area contributed by atoms with Gasteiger partial charge in [-0.05, 0) is 31.2 Å². The van der Waals surface area contributed by atoms with E-state index in [1.807, 2.05) is 0 Å². The lowest BCUT2D eigenvalue weighted by molar-refractivity contribution is -0.131. The highest BCUT2D eigenvalue weighted by molar-refractivity contribution is 7.12. The Morgan fingerprint density at radius 1 is 1.44 bits per heavy atom. The van der Waals surface area contributed by atoms with Gasteiger partial charge >= 0.3 is 0 Å². The van der Waals surface area contributed by atoms with E-state index < -0.39 is 6.04 Å². The van der Waals surface area contributed by atoms with Gasteiger partial charge in [0.15, 0.2) is 0 Å². The summed E-state index contributed by atoms with van der Waals surface area (Å²) in [5.74, 6) is -0.293. The van der Waals surface area contributed by atoms with E-state index in [-0.39, 0.29) is 11.8 Å². The molecule has 98 valence electrons. The maximum Gasteiger partial charge on any atom is 0.264 e. The van der Waals surface area contributed by atoms with Crippen molar-refractivity contribution in [2.45, 2.75) is 25.8 Å². The van der Waals surface area contributed by atoms with Crippen LogP contribution < -0.4 is 11.1 Å². The van der Waals surface area contributed by atoms with Crippen molar-refractivity contribution in [2.75, 3.05) is 18.8 Å². The van der Waals surface area contributed by atoms with Crippen LogP contribution in [0.4, 0.5) is 5.69 Å². The lowest BCUT2D eigenvalue weighted by Crippen LogP contribution is -2.45. The first-order chi connectivity index (χ1) is 8.59. The van der Waals surface area contributed by atoms with Crippen LogP contribution in [0.3, 0.4) is 0 Å². The SMILES string of the molecule is CC(NC(=O)c1sccc1N)C(=O)N1CCCC1. The average molecular weight is 267 g/mol. The van der Waals surface area contributed by atoms with Crippen molar-refractivity contribution in [2.24, 2.45) is 0 Å². The number of nitrogens with two attached hydrogens (primary N) is 1. The molecule has 2 amide bonds. The normalized spacial score (nSPS) is 16.6. The van der Waals surface area contributed by atoms with Gasteiger partial charge in [-0.15, -0.1) is 11.3 Å². The molecule has 0 saturated carbocycles. The van der Waals surface area contributed by atoms with Gasteiger partial charge in [0.05, 0.1) is 5.69 Å². The molecule has 1 atom stereocenters. The molecule has 0 aliphatic carbocycles. The first kappa shape index (κ1) is 12.9. The van der Waals surface area contributed by atoms with Gasteiger partial charge in [0.2, 0.25) is 5.91 Å². The third kappa shape index (κ3) is 2.64. The molecular weight excluding hydrogens is 250 g/mol. The lowest BCUT2D eigenvalue weighted by Gasteiger charge is -2.20. The zero-order chi connectivity index (χ0) is 13.1. The molecule has 1 aromatic heterocycles. The second-order valence-electron chi connectivity index (χ2n) is 4.43. The van der Waals surface area contributed by atoms with Crippen molar-refractivity contribution in [3.05, 3.63) is 16.3 Å². The zero-order valence-corrected chi connectivity index (χ0v) is 11.1. The number of nitrogens with one attached hydrogen (secondary N) is 1. The van der Waals surface area contributed by atoms with Gasteiger partial charge in [-0.3, -0.25) is 9.59 Å². The maximum atomic E-state index is 12.0. The maximum absolute atomic E-state index is 12.0. The Bertz CT molecular complexity index is 452. The molecule has 3 N–H and O–H groups in total. The van der Waals surface area contributed by atoms with E-state index in [1.54, 1.807) is 23.3 Å². The van der Waals surface area contributed by atoms with Crippen LogP contribution in [-0.4, -0.2) is 35.8 Å². The molecule has 2 heterocycles. The second kappa shape index (κ2) is 5.39. The molecule has 5 nitrogen and oxygen atoms in total. The highest BCUT2D eigenvalue weighted by Crippen LogP contribution is 2.18. The summed E-state index contributed by atoms with van der Waals surface area (Å²) in [5.41, 5.74) is 6.13. The first-order valence-corrected chi connectivity index (χ1v) is 6.90. The third-order valence-corrected chi connectivity index (χ3v) is 3.97. The molecule has 1 aromatic rings. The fraction of sp³-hybridized carbons (Fsp3) is 0.500. The van der Waals surface area contributed by atoms with E-state index in [1.165, 1.54) is 11.3 Å². The largest absolute Gasteiger partial charge is 0.397 e. The van der Waals surface area contributed by atoms with Gasteiger partial charge < -0.3 is 16.0 Å². The molecule has 0 bridgehead atoms. The second-order valence-corrected chi connectivity index (χ2v) is 5.35. The monoisotopic (exact) mass is 267 g/mol. The number of carbonyl (C=O) groups is 2. The standard InChI is InChI=1S/C12H17N3O2S/c1-8(12(17)15-5-2-3-6-15)14-11(16)10-9(13)4-7-18-10/h4,7-8H,2-3,5-6,13H2,1H3,(H,14,16). The van der Waals surface area contributed by atoms with E-state index in [2.05, 4.69) is 5.32 Å². The number of nitrogens with zero attached hydrogens (tertiary/aromatic N) is 1. The number of anilines is 1. The van der Waals surface area contributed by atoms with Crippen LogP contribution in [0.25, 0.3) is 0 Å². The fourth-order valence-corrected chi connectivity index (χ4v) is 2.76. The number of likely N-dealkylation sites (tertiary alicyclic amines) is 1. The van der Waals surface area contributed by atoms with Gasteiger partial charge in [0, 0.05) is 13.1 Å². The predicted octanol–water partition coefficient (Wildman–Crippen LogP) is 1.07. The molecule has 6 heteroatoms. The smallest absolute Gasteiger partial charge is 0.264 e. The topological polar surface area (TPSA) is 75.4 Å². The predicted molar refractivity (Wildman–Crippen MR) is 71.5 cm³/mol. The van der Waals surface area contributed by atoms with Gasteiger partial charge in [0.1, 0.15) is 10.9 Å². The van der Waals surface area contributed by atoms with Crippen molar-refractivity contribution in [3.63, 3.8) is 0 Å². The average Bonchev–Trinajstić information content (AvgIpc) is 2.98. The number of hydrogen-bond donors (Lipinski definition) is 2. The Morgan fingerprint density at radius 2 is 2.11 bits per heavy atom. The van der Waals surface area contributed by atoms with Crippen molar-refractivity contribution in [1.82, 2.24) is 10.2 Å². The molecule has 0 spiro atoms. The van der Waals surface area contributed by atoms with Crippen LogP contribution in [0.15, 0.2) is 11.4 Å². The van der Waals surface area contributed by atoms with Gasteiger partial charge in [-0.1, -0.05) is 0 Å². The van der Waals surface area contributed by atoms with Crippen molar-refractivity contribution in [3.8, 4) is 0 Å². The number of hydrogen-bond acceptors (Lipinski definition) is 4. The van der Waals surface area contributed by atoms with Crippen LogP contribution in [0.2, 0.25) is 0 Å². The fourth-order valence-electron chi connectivity index (χ4n) is 2.04. The van der Waals surface area contributed by atoms with Crippen molar-refractivity contribution >= 4 is 28.8 Å². The molecule has 1 unspecified atom stereocenters. The summed E-state index contributed by atoms with van der Waals surface area (Å²) >= 11 is 1.28. The Hall–Kier alpha value is -1.56. The quantitative estimate of drug-likeness (QED) is 0.860. The minimum Gasteiger partial charge on any atom is -0.397 e. The Balaban J connectivity index is 1.94. The molecule has 0 radical (unpaired) electrons. The summed E-state index contributed by atoms with van der Waals surface area (Å²) in [5, 5.41) is 4.46. The molecule has 18 heavy (non-hydrogen) atoms. The Morgan fingerprint density at radius 3 is 2.67 bits per heavy atom. The van der Waals surface area contributed by atoms with E-state index in [0.717, 1.165) is 25.9 Å². The van der Waals surface area contributed by atoms with Crippen LogP contribution in [0, 0.1) is 0 Å². The molecule has 1 saturated heterocycles. The highest BCUT2D eigenvalue weighted by atomic mass is 32.1. The van der Waals surface area contributed by atoms with E-state index in [4.69, 9.17) is 5.73 Å². The first-order valence-electron chi connectivity index (χ1n) is 6.02. The molecule has 0 aromatic carbocycles. The van der Waals surface area contributed by atoms with Gasteiger partial charge in [-0.25, -0.2) is 0 Å². The van der Waals surface area contributed by atoms with Crippen LogP contribution in [-0.2, 0) is 4.79 Å². The Kier molecular flexibility index (Phi) is 3.86. The van der Waals surface area contributed by atoms with Crippen LogP contribution in [0.5, 0.6) is 0 Å². The summed E-state index contributed by atoms with van der Waals surface area (Å²) in [6.45, 7) is 3.29. The number of thiophene rings is 1. The van der Waals surface area contributed by atoms with Crippen LogP contribution in [0.1, 0.15) is 29.4 Å². The molecule has 1 aliphatic rings. The lowest BCUT2D eigenvalue weighted by atomic mass is 10.2. The number of nitrogen functional groups attached to an aromatic ring is 1. The summed E-state index contributed by atoms with van der Waals surface area (Å²) in [6.07, 6.45) is 2.09. The minimum atomic E-state index is -0.503. The van der Waals surface area contributed by atoms with E-state index in [9.17, 15) is 9.59 Å². The van der Waals surface area contributed by atoms with Crippen LogP contribution >= 0.6 is 11.3 Å². The number of amides is 2. The van der Waals surface area contributed by atoms with Gasteiger partial charge in [0.25, 0.3) is 5.91 Å². The highest BCUT2D eigenvalue weighted by Gasteiger charge is 2.25. The minimum absolute atomic E-state index is 0.0176. The van der Waals surface area contributed by atoms with Crippen molar-refractivity contribution in [1.29, 1.82) is 0 Å². The summed E-state index contributed by atoms with van der Waals surface area (Å²) < 4.78 is 0. The van der Waals surface area contributed by atoms with E-state index in [0.29, 0.717) is 10.6 Å². The molecule has 1 fully saturated rings. The van der Waals surface area contributed by atoms with Gasteiger partial charge in [-0.2, -0.15) is 0 Å². The third-order valence-electron chi connectivity index (χ3n) is 3.04. The summed E-state index contributed by atoms with van der Waals surface area (Å²) in [4.78, 5) is 26.2. The van der Waals surface area contributed by atoms with E-state index >= 15 is 0 Å². The number of rotatable bonds is 3. The Labute approximate surface area is 110 Å². The van der Waals surface area contributed by atoms with Crippen molar-refractivity contribution < 1.29 is 9.59 Å². The summed E-state index contributed by atoms with van der Waals surface area (Å²) in [7, 11) is 0. The molecule has 2 rings (SSSR count). The molecular formula is C12H17N3O2S. The number of carbonyl (C=O) groups excluding carboxylic acids is 2. The summed E-state index contributed by atoms with van der Waals surface area (Å²) in [6, 6.07) is 1.18. The zero-order valence-electron chi connectivity index (χ0n) is 10.3. The molecule has 1 aliphatic heterocycles.